The summed E-state index contributed by atoms with van der Waals surface area (Å²) < 4.78 is 27.3. The molecule has 34 heavy (non-hydrogen) atoms. The third-order valence-corrected chi connectivity index (χ3v) is 6.49. The molecule has 172 valence electrons. The largest absolute Gasteiger partial charge is 0.467 e. The summed E-state index contributed by atoms with van der Waals surface area (Å²) in [5.74, 6) is 0.751. The lowest BCUT2D eigenvalue weighted by molar-refractivity contribution is -0.385. The number of nitro groups is 1. The molecule has 1 aliphatic heterocycles. The smallest absolute Gasteiger partial charge is 0.270 e. The zero-order valence-electron chi connectivity index (χ0n) is 17.5. The molecule has 0 spiro atoms. The molecule has 0 atom stereocenters. The average molecular weight is 499 g/mol. The molecule has 8 nitrogen and oxygen atoms in total. The Morgan fingerprint density at radius 3 is 2.74 bits per heavy atom. The maximum atomic E-state index is 14.8. The van der Waals surface area contributed by atoms with Gasteiger partial charge in [0.05, 0.1) is 22.2 Å². The normalized spacial score (nSPS) is 12.8. The molecule has 0 saturated carbocycles. The Morgan fingerprint density at radius 2 is 1.94 bits per heavy atom. The van der Waals surface area contributed by atoms with E-state index in [1.165, 1.54) is 30.0 Å². The highest BCUT2D eigenvalue weighted by Gasteiger charge is 2.24. The summed E-state index contributed by atoms with van der Waals surface area (Å²) in [7, 11) is 0. The van der Waals surface area contributed by atoms with Gasteiger partial charge in [-0.3, -0.25) is 14.7 Å². The van der Waals surface area contributed by atoms with Gasteiger partial charge in [-0.1, -0.05) is 47.6 Å². The van der Waals surface area contributed by atoms with E-state index in [1.54, 1.807) is 41.0 Å². The van der Waals surface area contributed by atoms with Gasteiger partial charge < -0.3 is 9.47 Å². The molecule has 0 fully saturated rings. The molecule has 1 aliphatic rings. The summed E-state index contributed by atoms with van der Waals surface area (Å²) in [5.41, 5.74) is 2.01. The first-order valence-corrected chi connectivity index (χ1v) is 11.5. The highest BCUT2D eigenvalue weighted by Crippen LogP contribution is 2.38. The Labute approximate surface area is 202 Å². The molecule has 0 N–H and O–H groups in total. The second kappa shape index (κ2) is 9.41. The summed E-state index contributed by atoms with van der Waals surface area (Å²) in [6.07, 6.45) is 0. The highest BCUT2D eigenvalue weighted by molar-refractivity contribution is 7.98. The Hall–Kier alpha value is -3.47. The first-order valence-electron chi connectivity index (χ1n) is 10.1. The number of hydrogen-bond donors (Lipinski definition) is 0. The minimum absolute atomic E-state index is 0.0595. The van der Waals surface area contributed by atoms with E-state index in [1.807, 2.05) is 6.07 Å². The van der Waals surface area contributed by atoms with Crippen molar-refractivity contribution in [2.24, 2.45) is 0 Å². The average Bonchev–Trinajstić information content (AvgIpc) is 3.26. The Balaban J connectivity index is 1.57. The summed E-state index contributed by atoms with van der Waals surface area (Å²) >= 11 is 7.65. The van der Waals surface area contributed by atoms with Gasteiger partial charge in [0.25, 0.3) is 5.69 Å². The quantitative estimate of drug-likeness (QED) is 0.188. The van der Waals surface area contributed by atoms with Crippen LogP contribution in [0.1, 0.15) is 11.1 Å². The summed E-state index contributed by atoms with van der Waals surface area (Å²) in [6.45, 7) is 0.279. The number of benzene rings is 3. The number of ether oxygens (including phenoxy) is 2. The van der Waals surface area contributed by atoms with Crippen LogP contribution in [0.25, 0.3) is 17.1 Å². The molecule has 11 heteroatoms. The van der Waals surface area contributed by atoms with E-state index in [0.717, 1.165) is 0 Å². The van der Waals surface area contributed by atoms with E-state index in [0.29, 0.717) is 38.4 Å². The number of nitro benzene ring substituents is 1. The number of fused-ring (bicyclic) bond motifs is 1. The van der Waals surface area contributed by atoms with E-state index in [9.17, 15) is 14.5 Å². The van der Waals surface area contributed by atoms with Gasteiger partial charge in [-0.05, 0) is 24.3 Å². The second-order valence-electron chi connectivity index (χ2n) is 7.32. The van der Waals surface area contributed by atoms with E-state index in [-0.39, 0.29) is 30.5 Å². The third-order valence-electron chi connectivity index (χ3n) is 5.18. The van der Waals surface area contributed by atoms with Crippen molar-refractivity contribution in [3.8, 4) is 22.8 Å². The van der Waals surface area contributed by atoms with Crippen LogP contribution in [-0.2, 0) is 17.1 Å². The van der Waals surface area contributed by atoms with E-state index in [2.05, 4.69) is 10.2 Å². The van der Waals surface area contributed by atoms with Crippen molar-refractivity contribution in [3.63, 3.8) is 0 Å². The molecule has 1 aromatic heterocycles. The van der Waals surface area contributed by atoms with Crippen molar-refractivity contribution in [2.75, 3.05) is 6.79 Å². The van der Waals surface area contributed by atoms with Crippen molar-refractivity contribution in [2.45, 2.75) is 17.5 Å². The van der Waals surface area contributed by atoms with Crippen LogP contribution in [0.15, 0.2) is 65.8 Å². The van der Waals surface area contributed by atoms with Crippen LogP contribution in [0.3, 0.4) is 0 Å². The van der Waals surface area contributed by atoms with Gasteiger partial charge >= 0.3 is 0 Å². The van der Waals surface area contributed by atoms with Crippen molar-refractivity contribution < 1.29 is 18.8 Å². The van der Waals surface area contributed by atoms with Crippen LogP contribution in [0.2, 0.25) is 5.02 Å². The summed E-state index contributed by atoms with van der Waals surface area (Å²) in [6, 6.07) is 16.3. The fourth-order valence-corrected chi connectivity index (χ4v) is 4.80. The Morgan fingerprint density at radius 1 is 1.15 bits per heavy atom. The lowest BCUT2D eigenvalue weighted by atomic mass is 10.1. The first-order chi connectivity index (χ1) is 16.5. The monoisotopic (exact) mass is 498 g/mol. The lowest BCUT2D eigenvalue weighted by Crippen LogP contribution is -2.13. The van der Waals surface area contributed by atoms with Crippen LogP contribution < -0.4 is 4.74 Å². The van der Waals surface area contributed by atoms with E-state index < -0.39 is 10.7 Å². The van der Waals surface area contributed by atoms with Crippen LogP contribution in [0.4, 0.5) is 10.1 Å². The zero-order chi connectivity index (χ0) is 23.7. The number of thioether (sulfide) groups is 1. The van der Waals surface area contributed by atoms with Gasteiger partial charge in [-0.15, -0.1) is 10.2 Å². The molecule has 0 saturated heterocycles. The lowest BCUT2D eigenvalue weighted by Gasteiger charge is -2.20. The molecule has 0 bridgehead atoms. The molecule has 0 unspecified atom stereocenters. The van der Waals surface area contributed by atoms with Crippen molar-refractivity contribution >= 4 is 29.1 Å². The van der Waals surface area contributed by atoms with E-state index in [4.69, 9.17) is 21.1 Å². The number of halogens is 2. The predicted molar refractivity (Wildman–Crippen MR) is 125 cm³/mol. The molecule has 2 heterocycles. The summed E-state index contributed by atoms with van der Waals surface area (Å²) in [4.78, 5) is 11.0. The Kier molecular flexibility index (Phi) is 6.18. The van der Waals surface area contributed by atoms with Crippen LogP contribution >= 0.6 is 23.4 Å². The Bertz CT molecular complexity index is 1400. The standard InChI is InChI=1S/C23H16ClFN4O4S/c24-18-6-2-1-5-17(18)22-26-27-23(28(22)20-8-4-3-7-19(20)25)34-12-15-10-16(29(30)31)9-14-11-32-13-33-21(14)15/h1-10H,11-13H2. The van der Waals surface area contributed by atoms with Gasteiger partial charge in [0, 0.05) is 34.6 Å². The van der Waals surface area contributed by atoms with Gasteiger partial charge in [-0.25, -0.2) is 4.39 Å². The first kappa shape index (κ1) is 22.3. The number of para-hydroxylation sites is 1. The molecule has 4 aromatic rings. The topological polar surface area (TPSA) is 92.3 Å². The van der Waals surface area contributed by atoms with Crippen LogP contribution in [0.5, 0.6) is 5.75 Å². The van der Waals surface area contributed by atoms with E-state index >= 15 is 0 Å². The zero-order valence-corrected chi connectivity index (χ0v) is 19.1. The molecule has 3 aromatic carbocycles. The van der Waals surface area contributed by atoms with Crippen LogP contribution in [-0.4, -0.2) is 26.5 Å². The van der Waals surface area contributed by atoms with Crippen molar-refractivity contribution in [1.82, 2.24) is 14.8 Å². The van der Waals surface area contributed by atoms with Crippen molar-refractivity contribution in [3.05, 3.63) is 92.7 Å². The van der Waals surface area contributed by atoms with Crippen molar-refractivity contribution in [1.29, 1.82) is 0 Å². The molecular weight excluding hydrogens is 483 g/mol. The minimum atomic E-state index is -0.458. The predicted octanol–water partition coefficient (Wildman–Crippen LogP) is 5.79. The van der Waals surface area contributed by atoms with Crippen LogP contribution in [0, 0.1) is 15.9 Å². The number of hydrogen-bond acceptors (Lipinski definition) is 7. The summed E-state index contributed by atoms with van der Waals surface area (Å²) in [5, 5.41) is 20.8. The van der Waals surface area contributed by atoms with Gasteiger partial charge in [0.15, 0.2) is 17.8 Å². The molecule has 0 radical (unpaired) electrons. The molecule has 0 amide bonds. The van der Waals surface area contributed by atoms with Gasteiger partial charge in [0.1, 0.15) is 11.6 Å². The van der Waals surface area contributed by atoms with Gasteiger partial charge in [-0.2, -0.15) is 0 Å². The molecule has 0 aliphatic carbocycles. The molecular formula is C23H16ClFN4O4S. The minimum Gasteiger partial charge on any atom is -0.467 e. The maximum absolute atomic E-state index is 14.8. The highest BCUT2D eigenvalue weighted by atomic mass is 35.5. The van der Waals surface area contributed by atoms with Gasteiger partial charge in [0.2, 0.25) is 0 Å². The third kappa shape index (κ3) is 4.23. The maximum Gasteiger partial charge on any atom is 0.270 e. The number of rotatable bonds is 6. The molecule has 5 rings (SSSR count). The number of nitrogens with zero attached hydrogens (tertiary/aromatic N) is 4. The number of non-ortho nitro benzene ring substituents is 1. The second-order valence-corrected chi connectivity index (χ2v) is 8.67. The fourth-order valence-electron chi connectivity index (χ4n) is 3.67. The SMILES string of the molecule is O=[N+]([O-])c1cc2c(c(CSc3nnc(-c4ccccc4Cl)n3-c3ccccc3F)c1)OCOC2. The fraction of sp³-hybridized carbons (Fsp3) is 0.130. The number of aromatic nitrogens is 3.